The van der Waals surface area contributed by atoms with Gasteiger partial charge in [-0.15, -0.1) is 0 Å². The molecular weight excluding hydrogens is 260 g/mol. The number of carbonyl (C=O) groups excluding carboxylic acids is 1. The number of benzene rings is 1. The normalized spacial score (nSPS) is 16.8. The van der Waals surface area contributed by atoms with Crippen LogP contribution in [0.5, 0.6) is 11.5 Å². The molecule has 0 fully saturated rings. The first-order valence-corrected chi connectivity index (χ1v) is 6.75. The van der Waals surface area contributed by atoms with Crippen LogP contribution in [-0.4, -0.2) is 52.0 Å². The van der Waals surface area contributed by atoms with Crippen LogP contribution in [0.3, 0.4) is 0 Å². The van der Waals surface area contributed by atoms with E-state index in [-0.39, 0.29) is 12.0 Å². The van der Waals surface area contributed by atoms with Gasteiger partial charge in [-0.25, -0.2) is 0 Å². The van der Waals surface area contributed by atoms with Crippen LogP contribution in [0.2, 0.25) is 0 Å². The molecule has 1 aromatic rings. The molecule has 0 bridgehead atoms. The van der Waals surface area contributed by atoms with Crippen LogP contribution in [0.25, 0.3) is 0 Å². The third kappa shape index (κ3) is 4.40. The summed E-state index contributed by atoms with van der Waals surface area (Å²) in [6.07, 6.45) is -0.0309. The molecule has 6 heteroatoms. The van der Waals surface area contributed by atoms with Crippen molar-refractivity contribution in [2.24, 2.45) is 0 Å². The molecule has 1 aromatic carbocycles. The lowest BCUT2D eigenvalue weighted by Crippen LogP contribution is -2.89. The van der Waals surface area contributed by atoms with E-state index in [0.717, 1.165) is 11.5 Å². The van der Waals surface area contributed by atoms with E-state index < -0.39 is 0 Å². The predicted molar refractivity (Wildman–Crippen MR) is 72.9 cm³/mol. The van der Waals surface area contributed by atoms with E-state index in [1.807, 2.05) is 29.6 Å². The van der Waals surface area contributed by atoms with Gasteiger partial charge in [-0.2, -0.15) is 0 Å². The van der Waals surface area contributed by atoms with Crippen molar-refractivity contribution in [3.05, 3.63) is 24.3 Å². The molecule has 1 aliphatic heterocycles. The molecule has 0 aromatic heterocycles. The average molecular weight is 281 g/mol. The largest absolute Gasteiger partial charge is 0.486 e. The topological polar surface area (TPSA) is 73.4 Å². The quantitative estimate of drug-likeness (QED) is 0.639. The third-order valence-electron chi connectivity index (χ3n) is 2.96. The Labute approximate surface area is 118 Å². The summed E-state index contributed by atoms with van der Waals surface area (Å²) in [7, 11) is 1.61. The Hall–Kier alpha value is -1.79. The Morgan fingerprint density at radius 1 is 1.45 bits per heavy atom. The van der Waals surface area contributed by atoms with E-state index >= 15 is 0 Å². The van der Waals surface area contributed by atoms with Gasteiger partial charge in [-0.1, -0.05) is 12.1 Å². The van der Waals surface area contributed by atoms with Gasteiger partial charge in [0, 0.05) is 13.7 Å². The molecular formula is C14H21N2O4+. The van der Waals surface area contributed by atoms with Crippen molar-refractivity contribution in [1.82, 2.24) is 5.32 Å². The first-order valence-electron chi connectivity index (χ1n) is 6.75. The summed E-state index contributed by atoms with van der Waals surface area (Å²) in [6.45, 7) is 2.65. The monoisotopic (exact) mass is 281 g/mol. The highest BCUT2D eigenvalue weighted by molar-refractivity contribution is 5.76. The second-order valence-electron chi connectivity index (χ2n) is 4.57. The van der Waals surface area contributed by atoms with Gasteiger partial charge in [0.1, 0.15) is 13.2 Å². The van der Waals surface area contributed by atoms with Gasteiger partial charge in [0.05, 0.1) is 6.61 Å². The second kappa shape index (κ2) is 7.72. The highest BCUT2D eigenvalue weighted by Gasteiger charge is 2.22. The molecule has 1 heterocycles. The molecule has 1 amide bonds. The number of hydrogen-bond acceptors (Lipinski definition) is 4. The maximum atomic E-state index is 11.5. The van der Waals surface area contributed by atoms with Crippen molar-refractivity contribution in [2.45, 2.75) is 6.10 Å². The Kier molecular flexibility index (Phi) is 5.64. The van der Waals surface area contributed by atoms with E-state index in [2.05, 4.69) is 5.32 Å². The number of nitrogens with one attached hydrogen (secondary N) is 1. The number of para-hydroxylation sites is 2. The zero-order chi connectivity index (χ0) is 14.2. The van der Waals surface area contributed by atoms with Crippen LogP contribution in [-0.2, 0) is 9.53 Å². The van der Waals surface area contributed by atoms with Gasteiger partial charge in [0.25, 0.3) is 5.91 Å². The van der Waals surface area contributed by atoms with Crippen molar-refractivity contribution in [1.29, 1.82) is 0 Å². The number of rotatable bonds is 7. The van der Waals surface area contributed by atoms with Gasteiger partial charge in [-0.3, -0.25) is 4.79 Å². The van der Waals surface area contributed by atoms with Crippen LogP contribution < -0.4 is 20.1 Å². The van der Waals surface area contributed by atoms with E-state index in [0.29, 0.717) is 32.8 Å². The van der Waals surface area contributed by atoms with Crippen molar-refractivity contribution in [3.8, 4) is 11.5 Å². The molecule has 1 aliphatic rings. The Morgan fingerprint density at radius 2 is 2.25 bits per heavy atom. The van der Waals surface area contributed by atoms with Crippen molar-refractivity contribution < 1.29 is 24.3 Å². The van der Waals surface area contributed by atoms with Gasteiger partial charge >= 0.3 is 0 Å². The molecule has 1 atom stereocenters. The SMILES string of the molecule is COCCNC(=O)C[NH2+]C[C@@H]1COc2ccccc2O1. The first-order chi connectivity index (χ1) is 9.79. The number of amides is 1. The number of hydrogen-bond donors (Lipinski definition) is 2. The van der Waals surface area contributed by atoms with E-state index in [1.54, 1.807) is 7.11 Å². The van der Waals surface area contributed by atoms with Gasteiger partial charge < -0.3 is 24.8 Å². The van der Waals surface area contributed by atoms with Gasteiger partial charge in [-0.05, 0) is 12.1 Å². The predicted octanol–water partition coefficient (Wildman–Crippen LogP) is -0.848. The standard InChI is InChI=1S/C14H20N2O4/c1-18-7-6-16-14(17)9-15-8-11-10-19-12-4-2-3-5-13(12)20-11/h2-5,11,15H,6-10H2,1H3,(H,16,17)/p+1/t11-/m1/s1. The molecule has 20 heavy (non-hydrogen) atoms. The fraction of sp³-hybridized carbons (Fsp3) is 0.500. The summed E-state index contributed by atoms with van der Waals surface area (Å²) in [5.41, 5.74) is 0. The molecule has 0 spiro atoms. The lowest BCUT2D eigenvalue weighted by molar-refractivity contribution is -0.649. The maximum Gasteiger partial charge on any atom is 0.275 e. The third-order valence-corrected chi connectivity index (χ3v) is 2.96. The Balaban J connectivity index is 1.65. The first kappa shape index (κ1) is 14.6. The number of quaternary nitrogens is 1. The molecule has 0 aliphatic carbocycles. The number of ether oxygens (including phenoxy) is 3. The molecule has 0 saturated carbocycles. The molecule has 2 rings (SSSR count). The van der Waals surface area contributed by atoms with Crippen LogP contribution in [0.15, 0.2) is 24.3 Å². The number of methoxy groups -OCH3 is 1. The van der Waals surface area contributed by atoms with Crippen LogP contribution >= 0.6 is 0 Å². The smallest absolute Gasteiger partial charge is 0.275 e. The average Bonchev–Trinajstić information content (AvgIpc) is 2.47. The molecule has 6 nitrogen and oxygen atoms in total. The summed E-state index contributed by atoms with van der Waals surface area (Å²) in [5.74, 6) is 1.54. The summed E-state index contributed by atoms with van der Waals surface area (Å²) in [4.78, 5) is 11.5. The van der Waals surface area contributed by atoms with Gasteiger partial charge in [0.15, 0.2) is 24.1 Å². The van der Waals surface area contributed by atoms with Crippen LogP contribution in [0, 0.1) is 0 Å². The van der Waals surface area contributed by atoms with Crippen LogP contribution in [0.1, 0.15) is 0 Å². The number of nitrogens with two attached hydrogens (primary N) is 1. The van der Waals surface area contributed by atoms with E-state index in [1.165, 1.54) is 0 Å². The number of fused-ring (bicyclic) bond motifs is 1. The molecule has 0 unspecified atom stereocenters. The molecule has 0 radical (unpaired) electrons. The second-order valence-corrected chi connectivity index (χ2v) is 4.57. The minimum Gasteiger partial charge on any atom is -0.486 e. The van der Waals surface area contributed by atoms with Crippen LogP contribution in [0.4, 0.5) is 0 Å². The van der Waals surface area contributed by atoms with E-state index in [9.17, 15) is 4.79 Å². The molecule has 110 valence electrons. The minimum absolute atomic E-state index is 0.000761. The lowest BCUT2D eigenvalue weighted by atomic mass is 10.2. The van der Waals surface area contributed by atoms with Crippen molar-refractivity contribution in [3.63, 3.8) is 0 Å². The fourth-order valence-electron chi connectivity index (χ4n) is 1.94. The lowest BCUT2D eigenvalue weighted by Gasteiger charge is -2.25. The summed E-state index contributed by atoms with van der Waals surface area (Å²) in [6, 6.07) is 7.61. The number of carbonyl (C=O) groups is 1. The highest BCUT2D eigenvalue weighted by Crippen LogP contribution is 2.30. The summed E-state index contributed by atoms with van der Waals surface area (Å²) in [5, 5.41) is 4.69. The Bertz CT molecular complexity index is 439. The fourth-order valence-corrected chi connectivity index (χ4v) is 1.94. The summed E-state index contributed by atoms with van der Waals surface area (Å²) >= 11 is 0. The Morgan fingerprint density at radius 3 is 3.05 bits per heavy atom. The zero-order valence-corrected chi connectivity index (χ0v) is 11.6. The maximum absolute atomic E-state index is 11.5. The highest BCUT2D eigenvalue weighted by atomic mass is 16.6. The van der Waals surface area contributed by atoms with Crippen molar-refractivity contribution >= 4 is 5.91 Å². The molecule has 3 N–H and O–H groups in total. The minimum atomic E-state index is -0.0309. The summed E-state index contributed by atoms with van der Waals surface area (Å²) < 4.78 is 16.3. The van der Waals surface area contributed by atoms with Gasteiger partial charge in [0.2, 0.25) is 0 Å². The van der Waals surface area contributed by atoms with Crippen molar-refractivity contribution in [2.75, 3.05) is 40.0 Å². The molecule has 0 saturated heterocycles. The van der Waals surface area contributed by atoms with E-state index in [4.69, 9.17) is 14.2 Å². The zero-order valence-electron chi connectivity index (χ0n) is 11.6.